The molecule has 3 rings (SSSR count). The smallest absolute Gasteiger partial charge is 0.238 e. The summed E-state index contributed by atoms with van der Waals surface area (Å²) >= 11 is 6.05. The van der Waals surface area contributed by atoms with E-state index in [0.29, 0.717) is 34.8 Å². The van der Waals surface area contributed by atoms with Crippen LogP contribution in [0.25, 0.3) is 0 Å². The minimum Gasteiger partial charge on any atom is -0.495 e. The molecule has 0 saturated carbocycles. The fraction of sp³-hybridized carbons (Fsp3) is 0.533. The Bertz CT molecular complexity index is 526. The summed E-state index contributed by atoms with van der Waals surface area (Å²) in [5.74, 6) is 2.01. The van der Waals surface area contributed by atoms with Gasteiger partial charge in [0.05, 0.1) is 18.7 Å². The lowest BCUT2D eigenvalue weighted by Gasteiger charge is -2.16. The number of nitrogens with one attached hydrogen (secondary N) is 2. The molecule has 21 heavy (non-hydrogen) atoms. The van der Waals surface area contributed by atoms with E-state index in [2.05, 4.69) is 15.5 Å². The normalized spacial score (nSPS) is 24.9. The van der Waals surface area contributed by atoms with Crippen LogP contribution in [0.15, 0.2) is 18.2 Å². The monoisotopic (exact) mass is 309 g/mol. The van der Waals surface area contributed by atoms with Crippen molar-refractivity contribution in [1.82, 2.24) is 10.2 Å². The predicted octanol–water partition coefficient (Wildman–Crippen LogP) is 1.44. The van der Waals surface area contributed by atoms with E-state index in [-0.39, 0.29) is 5.91 Å². The van der Waals surface area contributed by atoms with E-state index >= 15 is 0 Å². The summed E-state index contributed by atoms with van der Waals surface area (Å²) in [6, 6.07) is 5.26. The van der Waals surface area contributed by atoms with Gasteiger partial charge in [0.25, 0.3) is 0 Å². The lowest BCUT2D eigenvalue weighted by atomic mass is 10.0. The number of anilines is 1. The molecule has 2 N–H and O–H groups in total. The average Bonchev–Trinajstić information content (AvgIpc) is 2.99. The van der Waals surface area contributed by atoms with Crippen LogP contribution in [0.5, 0.6) is 5.75 Å². The fourth-order valence-corrected chi connectivity index (χ4v) is 3.49. The standard InChI is InChI=1S/C15H20ClN3O2/c1-21-14-3-2-12(4-13(14)16)18-15(20)9-19-7-10-5-17-6-11(10)8-19/h2-4,10-11,17H,5-9H2,1H3,(H,18,20). The van der Waals surface area contributed by atoms with Crippen LogP contribution in [-0.2, 0) is 4.79 Å². The molecular formula is C15H20ClN3O2. The Morgan fingerprint density at radius 2 is 2.14 bits per heavy atom. The minimum atomic E-state index is 0.00386. The molecule has 0 radical (unpaired) electrons. The summed E-state index contributed by atoms with van der Waals surface area (Å²) in [6.45, 7) is 4.62. The number of methoxy groups -OCH3 is 1. The van der Waals surface area contributed by atoms with Crippen molar-refractivity contribution in [3.05, 3.63) is 23.2 Å². The van der Waals surface area contributed by atoms with Gasteiger partial charge in [0, 0.05) is 18.8 Å². The van der Waals surface area contributed by atoms with Gasteiger partial charge in [0.1, 0.15) is 5.75 Å². The van der Waals surface area contributed by atoms with Crippen LogP contribution in [0.4, 0.5) is 5.69 Å². The van der Waals surface area contributed by atoms with Crippen LogP contribution in [0.2, 0.25) is 5.02 Å². The molecule has 5 nitrogen and oxygen atoms in total. The number of likely N-dealkylation sites (tertiary alicyclic amines) is 1. The molecule has 2 saturated heterocycles. The molecule has 6 heteroatoms. The quantitative estimate of drug-likeness (QED) is 0.884. The fourth-order valence-electron chi connectivity index (χ4n) is 3.23. The van der Waals surface area contributed by atoms with Crippen LogP contribution in [0, 0.1) is 11.8 Å². The highest BCUT2D eigenvalue weighted by molar-refractivity contribution is 6.32. The molecule has 1 aromatic rings. The number of nitrogens with zero attached hydrogens (tertiary/aromatic N) is 1. The Labute approximate surface area is 129 Å². The Morgan fingerprint density at radius 3 is 2.76 bits per heavy atom. The molecule has 2 aliphatic rings. The number of ether oxygens (including phenoxy) is 1. The van der Waals surface area contributed by atoms with Gasteiger partial charge in [-0.25, -0.2) is 0 Å². The third-order valence-electron chi connectivity index (χ3n) is 4.27. The molecule has 0 aromatic heterocycles. The van der Waals surface area contributed by atoms with Crippen molar-refractivity contribution in [3.63, 3.8) is 0 Å². The lowest BCUT2D eigenvalue weighted by molar-refractivity contribution is -0.117. The van der Waals surface area contributed by atoms with Crippen molar-refractivity contribution in [2.24, 2.45) is 11.8 Å². The maximum atomic E-state index is 12.1. The predicted molar refractivity (Wildman–Crippen MR) is 82.9 cm³/mol. The minimum absolute atomic E-state index is 0.00386. The summed E-state index contributed by atoms with van der Waals surface area (Å²) in [5.41, 5.74) is 0.701. The van der Waals surface area contributed by atoms with E-state index in [4.69, 9.17) is 16.3 Å². The number of carbonyl (C=O) groups is 1. The first kappa shape index (κ1) is 14.6. The zero-order valence-corrected chi connectivity index (χ0v) is 12.8. The number of fused-ring (bicyclic) bond motifs is 1. The molecule has 2 aliphatic heterocycles. The SMILES string of the molecule is COc1ccc(NC(=O)CN2CC3CNCC3C2)cc1Cl. The van der Waals surface area contributed by atoms with E-state index in [0.717, 1.165) is 26.2 Å². The second kappa shape index (κ2) is 6.22. The summed E-state index contributed by atoms with van der Waals surface area (Å²) in [4.78, 5) is 14.3. The van der Waals surface area contributed by atoms with E-state index in [1.165, 1.54) is 0 Å². The van der Waals surface area contributed by atoms with Gasteiger partial charge in [-0.3, -0.25) is 9.69 Å². The molecule has 0 bridgehead atoms. The number of hydrogen-bond donors (Lipinski definition) is 2. The van der Waals surface area contributed by atoms with Gasteiger partial charge in [-0.15, -0.1) is 0 Å². The molecule has 2 fully saturated rings. The highest BCUT2D eigenvalue weighted by Gasteiger charge is 2.36. The zero-order chi connectivity index (χ0) is 14.8. The summed E-state index contributed by atoms with van der Waals surface area (Å²) in [7, 11) is 1.57. The van der Waals surface area contributed by atoms with Gasteiger partial charge >= 0.3 is 0 Å². The van der Waals surface area contributed by atoms with Crippen molar-refractivity contribution in [3.8, 4) is 5.75 Å². The van der Waals surface area contributed by atoms with Gasteiger partial charge in [-0.05, 0) is 43.1 Å². The first-order chi connectivity index (χ1) is 10.2. The topological polar surface area (TPSA) is 53.6 Å². The van der Waals surface area contributed by atoms with Crippen molar-refractivity contribution in [1.29, 1.82) is 0 Å². The third-order valence-corrected chi connectivity index (χ3v) is 4.56. The maximum absolute atomic E-state index is 12.1. The molecule has 2 atom stereocenters. The Hall–Kier alpha value is -1.30. The Balaban J connectivity index is 1.53. The Morgan fingerprint density at radius 1 is 1.43 bits per heavy atom. The number of hydrogen-bond acceptors (Lipinski definition) is 4. The molecule has 1 aromatic carbocycles. The first-order valence-electron chi connectivity index (χ1n) is 7.22. The molecule has 0 aliphatic carbocycles. The van der Waals surface area contributed by atoms with E-state index in [9.17, 15) is 4.79 Å². The molecule has 114 valence electrons. The molecule has 1 amide bonds. The van der Waals surface area contributed by atoms with E-state index in [1.807, 2.05) is 0 Å². The second-order valence-corrected chi connectivity index (χ2v) is 6.18. The number of amides is 1. The Kier molecular flexibility index (Phi) is 4.33. The summed E-state index contributed by atoms with van der Waals surface area (Å²) < 4.78 is 5.10. The van der Waals surface area contributed by atoms with Crippen LogP contribution in [0.3, 0.4) is 0 Å². The molecule has 0 spiro atoms. The second-order valence-electron chi connectivity index (χ2n) is 5.77. The lowest BCUT2D eigenvalue weighted by Crippen LogP contribution is -2.33. The first-order valence-corrected chi connectivity index (χ1v) is 7.60. The van der Waals surface area contributed by atoms with Gasteiger partial charge < -0.3 is 15.4 Å². The van der Waals surface area contributed by atoms with Crippen molar-refractivity contribution in [2.45, 2.75) is 0 Å². The van der Waals surface area contributed by atoms with Gasteiger partial charge in [-0.1, -0.05) is 11.6 Å². The summed E-state index contributed by atoms with van der Waals surface area (Å²) in [6.07, 6.45) is 0. The average molecular weight is 310 g/mol. The molecule has 2 unspecified atom stereocenters. The summed E-state index contributed by atoms with van der Waals surface area (Å²) in [5, 5.41) is 6.79. The number of halogens is 1. The van der Waals surface area contributed by atoms with Crippen LogP contribution in [0.1, 0.15) is 0 Å². The third kappa shape index (κ3) is 3.31. The van der Waals surface area contributed by atoms with Crippen LogP contribution < -0.4 is 15.4 Å². The number of carbonyl (C=O) groups excluding carboxylic acids is 1. The van der Waals surface area contributed by atoms with E-state index < -0.39 is 0 Å². The largest absolute Gasteiger partial charge is 0.495 e. The molecule has 2 heterocycles. The number of benzene rings is 1. The molecular weight excluding hydrogens is 290 g/mol. The van der Waals surface area contributed by atoms with Crippen LogP contribution >= 0.6 is 11.6 Å². The van der Waals surface area contributed by atoms with Crippen molar-refractivity contribution in [2.75, 3.05) is 45.2 Å². The van der Waals surface area contributed by atoms with Crippen LogP contribution in [-0.4, -0.2) is 50.6 Å². The highest BCUT2D eigenvalue weighted by Crippen LogP contribution is 2.28. The van der Waals surface area contributed by atoms with Gasteiger partial charge in [0.15, 0.2) is 0 Å². The maximum Gasteiger partial charge on any atom is 0.238 e. The van der Waals surface area contributed by atoms with Gasteiger partial charge in [0.2, 0.25) is 5.91 Å². The van der Waals surface area contributed by atoms with Crippen molar-refractivity contribution < 1.29 is 9.53 Å². The zero-order valence-electron chi connectivity index (χ0n) is 12.1. The van der Waals surface area contributed by atoms with E-state index in [1.54, 1.807) is 25.3 Å². The van der Waals surface area contributed by atoms with Gasteiger partial charge in [-0.2, -0.15) is 0 Å². The van der Waals surface area contributed by atoms with Crippen molar-refractivity contribution >= 4 is 23.2 Å². The number of rotatable bonds is 4. The highest BCUT2D eigenvalue weighted by atomic mass is 35.5.